The summed E-state index contributed by atoms with van der Waals surface area (Å²) in [5.41, 5.74) is 1.06. The smallest absolute Gasteiger partial charge is 0.194 e. The van der Waals surface area contributed by atoms with E-state index in [1.807, 2.05) is 6.92 Å². The SMILES string of the molecule is CCNC(=NCCCN1CCCN(C)CC1)N(C)Cc1csc(C(C)OC)n1. The van der Waals surface area contributed by atoms with Gasteiger partial charge in [-0.15, -0.1) is 11.3 Å². The highest BCUT2D eigenvalue weighted by molar-refractivity contribution is 7.09. The van der Waals surface area contributed by atoms with Gasteiger partial charge in [0.2, 0.25) is 0 Å². The quantitative estimate of drug-likeness (QED) is 0.383. The molecule has 8 heteroatoms. The zero-order valence-electron chi connectivity index (χ0n) is 18.3. The van der Waals surface area contributed by atoms with Gasteiger partial charge in [0.25, 0.3) is 0 Å². The molecule has 1 aromatic heterocycles. The van der Waals surface area contributed by atoms with Gasteiger partial charge in [-0.05, 0) is 53.4 Å². The molecule has 1 aliphatic heterocycles. The Morgan fingerprint density at radius 1 is 1.39 bits per heavy atom. The van der Waals surface area contributed by atoms with Gasteiger partial charge in [0, 0.05) is 45.7 Å². The van der Waals surface area contributed by atoms with Crippen LogP contribution in [0.5, 0.6) is 0 Å². The molecule has 0 aromatic carbocycles. The van der Waals surface area contributed by atoms with Crippen LogP contribution in [0.1, 0.15) is 43.5 Å². The zero-order chi connectivity index (χ0) is 20.4. The molecule has 1 unspecified atom stereocenters. The largest absolute Gasteiger partial charge is 0.375 e. The summed E-state index contributed by atoms with van der Waals surface area (Å²) in [5.74, 6) is 0.951. The van der Waals surface area contributed by atoms with Crippen LogP contribution in [0.3, 0.4) is 0 Å². The lowest BCUT2D eigenvalue weighted by Crippen LogP contribution is -2.38. The molecule has 2 heterocycles. The first-order valence-electron chi connectivity index (χ1n) is 10.4. The standard InChI is InChI=1S/C20H38N6OS/c1-6-21-20(22-9-7-11-26-12-8-10-24(3)13-14-26)25(4)15-18-16-28-19(23-18)17(2)27-5/h16-17H,6-15H2,1-5H3,(H,21,22). The van der Waals surface area contributed by atoms with Crippen molar-refractivity contribution in [3.8, 4) is 0 Å². The number of hydrogen-bond donors (Lipinski definition) is 1. The molecule has 0 bridgehead atoms. The molecule has 1 N–H and O–H groups in total. The number of aliphatic imine (C=N–C) groups is 1. The number of nitrogens with one attached hydrogen (secondary N) is 1. The molecule has 28 heavy (non-hydrogen) atoms. The van der Waals surface area contributed by atoms with Crippen molar-refractivity contribution in [3.63, 3.8) is 0 Å². The zero-order valence-corrected chi connectivity index (χ0v) is 19.1. The summed E-state index contributed by atoms with van der Waals surface area (Å²) in [4.78, 5) is 16.7. The topological polar surface area (TPSA) is 56.2 Å². The number of likely N-dealkylation sites (N-methyl/N-ethyl adjacent to an activating group) is 1. The van der Waals surface area contributed by atoms with Gasteiger partial charge in [0.05, 0.1) is 12.2 Å². The number of rotatable bonds is 9. The van der Waals surface area contributed by atoms with Crippen molar-refractivity contribution >= 4 is 17.3 Å². The first-order valence-corrected chi connectivity index (χ1v) is 11.3. The van der Waals surface area contributed by atoms with E-state index in [9.17, 15) is 0 Å². The molecule has 0 radical (unpaired) electrons. The number of ether oxygens (including phenoxy) is 1. The van der Waals surface area contributed by atoms with Crippen LogP contribution in [-0.2, 0) is 11.3 Å². The lowest BCUT2D eigenvalue weighted by Gasteiger charge is -2.22. The van der Waals surface area contributed by atoms with Crippen LogP contribution in [0.25, 0.3) is 0 Å². The minimum absolute atomic E-state index is 0.0461. The molecule has 160 valence electrons. The second-order valence-corrected chi connectivity index (χ2v) is 8.39. The Bertz CT molecular complexity index is 593. The van der Waals surface area contributed by atoms with Crippen molar-refractivity contribution in [1.82, 2.24) is 25.0 Å². The third-order valence-corrected chi connectivity index (χ3v) is 6.13. The summed E-state index contributed by atoms with van der Waals surface area (Å²) in [6.45, 7) is 12.5. The summed E-state index contributed by atoms with van der Waals surface area (Å²) in [5, 5.41) is 6.54. The summed E-state index contributed by atoms with van der Waals surface area (Å²) in [6.07, 6.45) is 2.41. The van der Waals surface area contributed by atoms with E-state index in [4.69, 9.17) is 14.7 Å². The third kappa shape index (κ3) is 7.66. The van der Waals surface area contributed by atoms with E-state index in [1.54, 1.807) is 18.4 Å². The van der Waals surface area contributed by atoms with Gasteiger partial charge in [-0.25, -0.2) is 4.98 Å². The fraction of sp³-hybridized carbons (Fsp3) is 0.800. The summed E-state index contributed by atoms with van der Waals surface area (Å²) in [7, 11) is 6.01. The van der Waals surface area contributed by atoms with Crippen molar-refractivity contribution in [1.29, 1.82) is 0 Å². The highest BCUT2D eigenvalue weighted by Crippen LogP contribution is 2.20. The van der Waals surface area contributed by atoms with Gasteiger partial charge in [-0.3, -0.25) is 4.99 Å². The number of thiazole rings is 1. The van der Waals surface area contributed by atoms with E-state index in [2.05, 4.69) is 46.4 Å². The Morgan fingerprint density at radius 3 is 2.96 bits per heavy atom. The van der Waals surface area contributed by atoms with Crippen LogP contribution >= 0.6 is 11.3 Å². The van der Waals surface area contributed by atoms with E-state index in [0.717, 1.165) is 49.3 Å². The number of guanidine groups is 1. The average molecular weight is 411 g/mol. The van der Waals surface area contributed by atoms with Crippen LogP contribution in [0.15, 0.2) is 10.4 Å². The second kappa shape index (κ2) is 12.4. The Morgan fingerprint density at radius 2 is 2.21 bits per heavy atom. The van der Waals surface area contributed by atoms with Crippen molar-refractivity contribution in [3.05, 3.63) is 16.1 Å². The van der Waals surface area contributed by atoms with Crippen molar-refractivity contribution < 1.29 is 4.74 Å². The van der Waals surface area contributed by atoms with Crippen molar-refractivity contribution in [2.24, 2.45) is 4.99 Å². The molecule has 2 rings (SSSR count). The molecular weight excluding hydrogens is 372 g/mol. The van der Waals surface area contributed by atoms with E-state index in [0.29, 0.717) is 0 Å². The van der Waals surface area contributed by atoms with Crippen molar-refractivity contribution in [2.45, 2.75) is 39.3 Å². The van der Waals surface area contributed by atoms with Crippen LogP contribution < -0.4 is 5.32 Å². The van der Waals surface area contributed by atoms with Gasteiger partial charge in [-0.1, -0.05) is 0 Å². The lowest BCUT2D eigenvalue weighted by atomic mass is 10.3. The van der Waals surface area contributed by atoms with E-state index in [-0.39, 0.29) is 6.10 Å². The van der Waals surface area contributed by atoms with Crippen molar-refractivity contribution in [2.75, 3.05) is 67.0 Å². The number of aromatic nitrogens is 1. The number of hydrogen-bond acceptors (Lipinski definition) is 6. The van der Waals surface area contributed by atoms with Crippen LogP contribution in [0.2, 0.25) is 0 Å². The van der Waals surface area contributed by atoms with Crippen LogP contribution in [0.4, 0.5) is 0 Å². The maximum absolute atomic E-state index is 5.36. The monoisotopic (exact) mass is 410 g/mol. The van der Waals surface area contributed by atoms with E-state index < -0.39 is 0 Å². The van der Waals surface area contributed by atoms with Gasteiger partial charge in [0.15, 0.2) is 5.96 Å². The fourth-order valence-corrected chi connectivity index (χ4v) is 4.12. The molecule has 0 aliphatic carbocycles. The molecule has 1 atom stereocenters. The summed E-state index contributed by atoms with van der Waals surface area (Å²) >= 11 is 1.66. The molecule has 1 aliphatic rings. The molecule has 1 saturated heterocycles. The first kappa shape index (κ1) is 23.1. The number of methoxy groups -OCH3 is 1. The van der Waals surface area contributed by atoms with Gasteiger partial charge < -0.3 is 24.8 Å². The summed E-state index contributed by atoms with van der Waals surface area (Å²) < 4.78 is 5.36. The van der Waals surface area contributed by atoms with Gasteiger partial charge in [-0.2, -0.15) is 0 Å². The maximum Gasteiger partial charge on any atom is 0.194 e. The first-order chi connectivity index (χ1) is 13.5. The van der Waals surface area contributed by atoms with E-state index in [1.165, 1.54) is 32.6 Å². The van der Waals surface area contributed by atoms with Gasteiger partial charge in [0.1, 0.15) is 11.1 Å². The molecule has 1 aromatic rings. The number of nitrogens with zero attached hydrogens (tertiary/aromatic N) is 5. The Kier molecular flexibility index (Phi) is 10.2. The molecule has 7 nitrogen and oxygen atoms in total. The average Bonchev–Trinajstić information content (AvgIpc) is 3.05. The highest BCUT2D eigenvalue weighted by Gasteiger charge is 2.13. The molecular formula is C20H38N6OS. The Balaban J connectivity index is 1.82. The molecule has 1 fully saturated rings. The van der Waals surface area contributed by atoms with E-state index >= 15 is 0 Å². The summed E-state index contributed by atoms with van der Waals surface area (Å²) in [6, 6.07) is 0. The highest BCUT2D eigenvalue weighted by atomic mass is 32.1. The molecule has 0 saturated carbocycles. The minimum Gasteiger partial charge on any atom is -0.375 e. The fourth-order valence-electron chi connectivity index (χ4n) is 3.27. The molecule has 0 amide bonds. The second-order valence-electron chi connectivity index (χ2n) is 7.50. The third-order valence-electron chi connectivity index (χ3n) is 5.07. The maximum atomic E-state index is 5.36. The predicted octanol–water partition coefficient (Wildman–Crippen LogP) is 2.28. The predicted molar refractivity (Wildman–Crippen MR) is 118 cm³/mol. The van der Waals surface area contributed by atoms with Crippen LogP contribution in [-0.4, -0.2) is 92.7 Å². The Hall–Kier alpha value is -1.22. The molecule has 0 spiro atoms. The van der Waals surface area contributed by atoms with Gasteiger partial charge >= 0.3 is 0 Å². The Labute approximate surface area is 174 Å². The normalized spacial score (nSPS) is 18.1. The lowest BCUT2D eigenvalue weighted by molar-refractivity contribution is 0.119. The van der Waals surface area contributed by atoms with Crippen LogP contribution in [0, 0.1) is 0 Å². The minimum atomic E-state index is 0.0461.